The van der Waals surface area contributed by atoms with Crippen LogP contribution in [0.15, 0.2) is 24.3 Å². The molecular weight excluding hydrogens is 244 g/mol. The van der Waals surface area contributed by atoms with Gasteiger partial charge in [-0.1, -0.05) is 18.2 Å². The summed E-state index contributed by atoms with van der Waals surface area (Å²) in [5.74, 6) is 0.618. The largest absolute Gasteiger partial charge is 0.483 e. The smallest absolute Gasteiger partial charge is 0.260 e. The van der Waals surface area contributed by atoms with Gasteiger partial charge in [0.2, 0.25) is 0 Å². The topological polar surface area (TPSA) is 64.8 Å². The molecule has 19 heavy (non-hydrogen) atoms. The molecule has 0 aliphatic carbocycles. The fourth-order valence-electron chi connectivity index (χ4n) is 1.70. The Morgan fingerprint density at radius 1 is 1.37 bits per heavy atom. The van der Waals surface area contributed by atoms with E-state index in [4.69, 9.17) is 15.2 Å². The Hall–Kier alpha value is -1.59. The lowest BCUT2D eigenvalue weighted by molar-refractivity contribution is -0.133. The summed E-state index contributed by atoms with van der Waals surface area (Å²) < 4.78 is 10.5. The lowest BCUT2D eigenvalue weighted by Gasteiger charge is -2.20. The van der Waals surface area contributed by atoms with Crippen LogP contribution in [0, 0.1) is 0 Å². The number of carbonyl (C=O) groups excluding carboxylic acids is 1. The van der Waals surface area contributed by atoms with E-state index in [-0.39, 0.29) is 12.5 Å². The van der Waals surface area contributed by atoms with Gasteiger partial charge in [0.25, 0.3) is 5.91 Å². The minimum absolute atomic E-state index is 0.0224. The quantitative estimate of drug-likeness (QED) is 0.763. The maximum Gasteiger partial charge on any atom is 0.260 e. The van der Waals surface area contributed by atoms with Crippen molar-refractivity contribution < 1.29 is 14.3 Å². The van der Waals surface area contributed by atoms with Crippen LogP contribution in [0.2, 0.25) is 0 Å². The first-order chi connectivity index (χ1) is 9.22. The Balaban J connectivity index is 2.52. The first kappa shape index (κ1) is 15.5. The van der Waals surface area contributed by atoms with Crippen LogP contribution in [0.5, 0.6) is 5.75 Å². The highest BCUT2D eigenvalue weighted by Gasteiger charge is 2.12. The SMILES string of the molecule is CCN(CCOC)C(=O)COc1ccccc1CN. The number of methoxy groups -OCH3 is 1. The van der Waals surface area contributed by atoms with Gasteiger partial charge in [0, 0.05) is 32.3 Å². The summed E-state index contributed by atoms with van der Waals surface area (Å²) in [5, 5.41) is 0. The Labute approximate surface area is 114 Å². The van der Waals surface area contributed by atoms with Crippen molar-refractivity contribution in [3.05, 3.63) is 29.8 Å². The van der Waals surface area contributed by atoms with Crippen molar-refractivity contribution in [2.24, 2.45) is 5.73 Å². The van der Waals surface area contributed by atoms with E-state index in [0.717, 1.165) is 5.56 Å². The first-order valence-electron chi connectivity index (χ1n) is 6.40. The number of para-hydroxylation sites is 1. The van der Waals surface area contributed by atoms with Gasteiger partial charge in [0.05, 0.1) is 6.61 Å². The van der Waals surface area contributed by atoms with Crippen molar-refractivity contribution >= 4 is 5.91 Å². The number of likely N-dealkylation sites (N-methyl/N-ethyl adjacent to an activating group) is 1. The molecule has 0 aromatic heterocycles. The molecule has 1 rings (SSSR count). The van der Waals surface area contributed by atoms with E-state index in [1.54, 1.807) is 12.0 Å². The fourth-order valence-corrected chi connectivity index (χ4v) is 1.70. The molecule has 1 aromatic carbocycles. The number of nitrogens with zero attached hydrogens (tertiary/aromatic N) is 1. The minimum atomic E-state index is -0.0497. The van der Waals surface area contributed by atoms with Crippen molar-refractivity contribution in [2.75, 3.05) is 33.4 Å². The number of hydrogen-bond acceptors (Lipinski definition) is 4. The van der Waals surface area contributed by atoms with Gasteiger partial charge in [0.15, 0.2) is 6.61 Å². The number of hydrogen-bond donors (Lipinski definition) is 1. The highest BCUT2D eigenvalue weighted by atomic mass is 16.5. The van der Waals surface area contributed by atoms with Crippen molar-refractivity contribution in [1.82, 2.24) is 4.90 Å². The van der Waals surface area contributed by atoms with E-state index in [1.165, 1.54) is 0 Å². The van der Waals surface area contributed by atoms with E-state index in [0.29, 0.717) is 32.0 Å². The second-order valence-corrected chi connectivity index (χ2v) is 4.07. The van der Waals surface area contributed by atoms with Gasteiger partial charge in [0.1, 0.15) is 5.75 Å². The Morgan fingerprint density at radius 3 is 2.74 bits per heavy atom. The van der Waals surface area contributed by atoms with Gasteiger partial charge in [-0.15, -0.1) is 0 Å². The molecule has 5 heteroatoms. The fraction of sp³-hybridized carbons (Fsp3) is 0.500. The summed E-state index contributed by atoms with van der Waals surface area (Å²) in [6.07, 6.45) is 0. The molecule has 0 aliphatic rings. The highest BCUT2D eigenvalue weighted by molar-refractivity contribution is 5.77. The van der Waals surface area contributed by atoms with Crippen LogP contribution in [-0.4, -0.2) is 44.2 Å². The van der Waals surface area contributed by atoms with Crippen LogP contribution in [0.3, 0.4) is 0 Å². The van der Waals surface area contributed by atoms with E-state index < -0.39 is 0 Å². The lowest BCUT2D eigenvalue weighted by atomic mass is 10.2. The average Bonchev–Trinajstić information content (AvgIpc) is 2.46. The molecule has 0 fully saturated rings. The summed E-state index contributed by atoms with van der Waals surface area (Å²) in [7, 11) is 1.62. The van der Waals surface area contributed by atoms with Crippen LogP contribution in [0.1, 0.15) is 12.5 Å². The van der Waals surface area contributed by atoms with Crippen molar-refractivity contribution in [3.63, 3.8) is 0 Å². The second-order valence-electron chi connectivity index (χ2n) is 4.07. The Kier molecular flexibility index (Phi) is 6.92. The molecule has 1 amide bonds. The molecule has 0 spiro atoms. The molecule has 0 atom stereocenters. The molecule has 106 valence electrons. The highest BCUT2D eigenvalue weighted by Crippen LogP contribution is 2.16. The molecule has 0 bridgehead atoms. The number of carbonyl (C=O) groups is 1. The van der Waals surface area contributed by atoms with Gasteiger partial charge in [-0.05, 0) is 13.0 Å². The van der Waals surface area contributed by atoms with E-state index >= 15 is 0 Å². The number of ether oxygens (including phenoxy) is 2. The van der Waals surface area contributed by atoms with E-state index in [9.17, 15) is 4.79 Å². The molecule has 2 N–H and O–H groups in total. The zero-order valence-corrected chi connectivity index (χ0v) is 11.6. The van der Waals surface area contributed by atoms with Crippen LogP contribution < -0.4 is 10.5 Å². The average molecular weight is 266 g/mol. The molecule has 5 nitrogen and oxygen atoms in total. The summed E-state index contributed by atoms with van der Waals surface area (Å²) in [6, 6.07) is 7.47. The maximum atomic E-state index is 12.0. The molecule has 0 saturated heterocycles. The van der Waals surface area contributed by atoms with Gasteiger partial charge in [-0.2, -0.15) is 0 Å². The monoisotopic (exact) mass is 266 g/mol. The standard InChI is InChI=1S/C14H22N2O3/c1-3-16(8-9-18-2)14(17)11-19-13-7-5-4-6-12(13)10-15/h4-7H,3,8-11,15H2,1-2H3. The molecule has 0 aliphatic heterocycles. The third-order valence-corrected chi connectivity index (χ3v) is 2.84. The predicted octanol–water partition coefficient (Wildman–Crippen LogP) is 1.02. The molecule has 0 radical (unpaired) electrons. The Bertz CT molecular complexity index is 396. The minimum Gasteiger partial charge on any atom is -0.483 e. The molecule has 0 unspecified atom stereocenters. The number of rotatable bonds is 8. The third-order valence-electron chi connectivity index (χ3n) is 2.84. The number of amides is 1. The van der Waals surface area contributed by atoms with Crippen LogP contribution in [-0.2, 0) is 16.1 Å². The Morgan fingerprint density at radius 2 is 2.11 bits per heavy atom. The zero-order chi connectivity index (χ0) is 14.1. The third kappa shape index (κ3) is 4.89. The molecular formula is C14H22N2O3. The van der Waals surface area contributed by atoms with Gasteiger partial charge in [-0.3, -0.25) is 4.79 Å². The first-order valence-corrected chi connectivity index (χ1v) is 6.40. The predicted molar refractivity (Wildman–Crippen MR) is 74.0 cm³/mol. The normalized spacial score (nSPS) is 10.3. The molecule has 0 heterocycles. The van der Waals surface area contributed by atoms with Crippen molar-refractivity contribution in [1.29, 1.82) is 0 Å². The molecule has 1 aromatic rings. The van der Waals surface area contributed by atoms with Gasteiger partial charge in [-0.25, -0.2) is 0 Å². The van der Waals surface area contributed by atoms with Crippen LogP contribution in [0.4, 0.5) is 0 Å². The van der Waals surface area contributed by atoms with Crippen molar-refractivity contribution in [2.45, 2.75) is 13.5 Å². The summed E-state index contributed by atoms with van der Waals surface area (Å²) in [5.41, 5.74) is 6.52. The maximum absolute atomic E-state index is 12.0. The van der Waals surface area contributed by atoms with E-state index in [2.05, 4.69) is 0 Å². The van der Waals surface area contributed by atoms with Crippen LogP contribution in [0.25, 0.3) is 0 Å². The van der Waals surface area contributed by atoms with E-state index in [1.807, 2.05) is 31.2 Å². The summed E-state index contributed by atoms with van der Waals surface area (Å²) in [6.45, 7) is 4.10. The van der Waals surface area contributed by atoms with Crippen LogP contribution >= 0.6 is 0 Å². The van der Waals surface area contributed by atoms with Gasteiger partial charge < -0.3 is 20.1 Å². The van der Waals surface area contributed by atoms with Crippen molar-refractivity contribution in [3.8, 4) is 5.75 Å². The zero-order valence-electron chi connectivity index (χ0n) is 11.6. The summed E-state index contributed by atoms with van der Waals surface area (Å²) in [4.78, 5) is 13.7. The second kappa shape index (κ2) is 8.50. The lowest BCUT2D eigenvalue weighted by Crippen LogP contribution is -2.37. The number of benzene rings is 1. The number of nitrogens with two attached hydrogens (primary N) is 1. The van der Waals surface area contributed by atoms with Gasteiger partial charge >= 0.3 is 0 Å². The summed E-state index contributed by atoms with van der Waals surface area (Å²) >= 11 is 0. The molecule has 0 saturated carbocycles.